The number of benzene rings is 1. The Morgan fingerprint density at radius 2 is 2.12 bits per heavy atom. The third-order valence-corrected chi connectivity index (χ3v) is 2.54. The highest BCUT2D eigenvalue weighted by molar-refractivity contribution is 5.22. The number of rotatable bonds is 6. The van der Waals surface area contributed by atoms with Gasteiger partial charge >= 0.3 is 0 Å². The molecule has 0 aromatic heterocycles. The van der Waals surface area contributed by atoms with Crippen LogP contribution in [0, 0.1) is 5.82 Å². The zero-order valence-electron chi connectivity index (χ0n) is 9.43. The standard InChI is InChI=1S/C12H16FNO3/c13-9-1-3-12(4-2-9)17-8-11(15)5-14-10-6-16-7-10/h1-4,10-11,14-15H,5-8H2. The first-order valence-electron chi connectivity index (χ1n) is 5.61. The number of aliphatic hydroxyl groups excluding tert-OH is 1. The molecule has 1 aliphatic rings. The van der Waals surface area contributed by atoms with Crippen LogP contribution in [0.2, 0.25) is 0 Å². The van der Waals surface area contributed by atoms with Crippen LogP contribution >= 0.6 is 0 Å². The molecule has 1 aliphatic heterocycles. The SMILES string of the molecule is OC(CNC1COC1)COc1ccc(F)cc1. The first-order valence-corrected chi connectivity index (χ1v) is 5.61. The quantitative estimate of drug-likeness (QED) is 0.764. The smallest absolute Gasteiger partial charge is 0.123 e. The number of ether oxygens (including phenoxy) is 2. The number of halogens is 1. The van der Waals surface area contributed by atoms with Crippen molar-refractivity contribution in [2.45, 2.75) is 12.1 Å². The molecule has 5 heteroatoms. The van der Waals surface area contributed by atoms with Crippen LogP contribution in [-0.2, 0) is 4.74 Å². The summed E-state index contributed by atoms with van der Waals surface area (Å²) in [7, 11) is 0. The lowest BCUT2D eigenvalue weighted by Gasteiger charge is -2.28. The van der Waals surface area contributed by atoms with Gasteiger partial charge in [0.1, 0.15) is 24.3 Å². The van der Waals surface area contributed by atoms with Gasteiger partial charge in [-0.15, -0.1) is 0 Å². The van der Waals surface area contributed by atoms with E-state index in [-0.39, 0.29) is 12.4 Å². The molecule has 1 atom stereocenters. The second kappa shape index (κ2) is 5.95. The fourth-order valence-electron chi connectivity index (χ4n) is 1.44. The Hall–Kier alpha value is -1.17. The molecular weight excluding hydrogens is 225 g/mol. The van der Waals surface area contributed by atoms with Crippen molar-refractivity contribution in [2.75, 3.05) is 26.4 Å². The maximum absolute atomic E-state index is 12.6. The summed E-state index contributed by atoms with van der Waals surface area (Å²) in [5.74, 6) is 0.252. The normalized spacial score (nSPS) is 17.5. The van der Waals surface area contributed by atoms with Crippen LogP contribution in [0.25, 0.3) is 0 Å². The monoisotopic (exact) mass is 241 g/mol. The maximum atomic E-state index is 12.6. The minimum atomic E-state index is -0.583. The van der Waals surface area contributed by atoms with Crippen molar-refractivity contribution < 1.29 is 19.0 Å². The average molecular weight is 241 g/mol. The van der Waals surface area contributed by atoms with E-state index in [1.807, 2.05) is 0 Å². The molecule has 0 amide bonds. The molecule has 1 fully saturated rings. The van der Waals surface area contributed by atoms with E-state index in [2.05, 4.69) is 5.32 Å². The number of hydrogen-bond donors (Lipinski definition) is 2. The number of nitrogens with one attached hydrogen (secondary N) is 1. The van der Waals surface area contributed by atoms with E-state index < -0.39 is 6.10 Å². The minimum absolute atomic E-state index is 0.187. The fourth-order valence-corrected chi connectivity index (χ4v) is 1.44. The van der Waals surface area contributed by atoms with Crippen molar-refractivity contribution in [2.24, 2.45) is 0 Å². The molecule has 0 saturated carbocycles. The van der Waals surface area contributed by atoms with Gasteiger partial charge in [-0.25, -0.2) is 4.39 Å². The summed E-state index contributed by atoms with van der Waals surface area (Å²) in [5, 5.41) is 12.8. The first kappa shape index (κ1) is 12.3. The molecule has 2 N–H and O–H groups in total. The van der Waals surface area contributed by atoms with Gasteiger partial charge in [0, 0.05) is 6.54 Å². The Bertz CT molecular complexity index is 340. The molecule has 0 spiro atoms. The van der Waals surface area contributed by atoms with Crippen molar-refractivity contribution in [3.05, 3.63) is 30.1 Å². The third-order valence-electron chi connectivity index (χ3n) is 2.54. The Morgan fingerprint density at radius 1 is 1.41 bits per heavy atom. The summed E-state index contributed by atoms with van der Waals surface area (Å²) in [5.41, 5.74) is 0. The molecule has 0 bridgehead atoms. The summed E-state index contributed by atoms with van der Waals surface area (Å²) in [6.07, 6.45) is -0.583. The van der Waals surface area contributed by atoms with Crippen molar-refractivity contribution in [1.82, 2.24) is 5.32 Å². The topological polar surface area (TPSA) is 50.7 Å². The minimum Gasteiger partial charge on any atom is -0.491 e. The summed E-state index contributed by atoms with van der Waals surface area (Å²) in [6, 6.07) is 6.07. The Kier molecular flexibility index (Phi) is 4.30. The van der Waals surface area contributed by atoms with Gasteiger partial charge in [-0.3, -0.25) is 0 Å². The van der Waals surface area contributed by atoms with Crippen LogP contribution in [0.15, 0.2) is 24.3 Å². The lowest BCUT2D eigenvalue weighted by atomic mass is 10.2. The molecule has 1 aromatic rings. The predicted octanol–water partition coefficient (Wildman–Crippen LogP) is 0.554. The van der Waals surface area contributed by atoms with Gasteiger partial charge < -0.3 is 19.9 Å². The van der Waals surface area contributed by atoms with Crippen molar-refractivity contribution >= 4 is 0 Å². The van der Waals surface area contributed by atoms with Crippen LogP contribution in [0.3, 0.4) is 0 Å². The van der Waals surface area contributed by atoms with E-state index in [1.54, 1.807) is 0 Å². The van der Waals surface area contributed by atoms with Gasteiger partial charge in [-0.1, -0.05) is 0 Å². The Morgan fingerprint density at radius 3 is 2.71 bits per heavy atom. The second-order valence-electron chi connectivity index (χ2n) is 4.06. The molecule has 2 rings (SSSR count). The van der Waals surface area contributed by atoms with Gasteiger partial charge in [0.15, 0.2) is 0 Å². The first-order chi connectivity index (χ1) is 8.24. The lowest BCUT2D eigenvalue weighted by molar-refractivity contribution is -0.0118. The molecule has 17 heavy (non-hydrogen) atoms. The van der Waals surface area contributed by atoms with Crippen LogP contribution < -0.4 is 10.1 Å². The molecule has 0 radical (unpaired) electrons. The average Bonchev–Trinajstić information content (AvgIpc) is 2.26. The molecule has 1 unspecified atom stereocenters. The van der Waals surface area contributed by atoms with Crippen molar-refractivity contribution in [1.29, 1.82) is 0 Å². The number of aliphatic hydroxyl groups is 1. The third kappa shape index (κ3) is 3.96. The summed E-state index contributed by atoms with van der Waals surface area (Å²) in [4.78, 5) is 0. The largest absolute Gasteiger partial charge is 0.491 e. The molecule has 1 aromatic carbocycles. The van der Waals surface area contributed by atoms with Gasteiger partial charge in [-0.2, -0.15) is 0 Å². The van der Waals surface area contributed by atoms with Crippen LogP contribution in [-0.4, -0.2) is 43.6 Å². The Balaban J connectivity index is 1.64. The van der Waals surface area contributed by atoms with E-state index in [0.717, 1.165) is 0 Å². The molecule has 1 heterocycles. The van der Waals surface area contributed by atoms with E-state index in [4.69, 9.17) is 9.47 Å². The molecule has 1 saturated heterocycles. The number of hydrogen-bond acceptors (Lipinski definition) is 4. The molecular formula is C12H16FNO3. The predicted molar refractivity (Wildman–Crippen MR) is 60.5 cm³/mol. The zero-order chi connectivity index (χ0) is 12.1. The molecule has 0 aliphatic carbocycles. The van der Waals surface area contributed by atoms with Crippen LogP contribution in [0.1, 0.15) is 0 Å². The zero-order valence-corrected chi connectivity index (χ0v) is 9.43. The van der Waals surface area contributed by atoms with Crippen LogP contribution in [0.5, 0.6) is 5.75 Å². The van der Waals surface area contributed by atoms with E-state index >= 15 is 0 Å². The van der Waals surface area contributed by atoms with Gasteiger partial charge in [0.25, 0.3) is 0 Å². The lowest BCUT2D eigenvalue weighted by Crippen LogP contribution is -2.49. The van der Waals surface area contributed by atoms with E-state index in [1.165, 1.54) is 24.3 Å². The van der Waals surface area contributed by atoms with Crippen molar-refractivity contribution in [3.63, 3.8) is 0 Å². The van der Waals surface area contributed by atoms with Gasteiger partial charge in [0.05, 0.1) is 19.3 Å². The van der Waals surface area contributed by atoms with Crippen LogP contribution in [0.4, 0.5) is 4.39 Å². The molecule has 94 valence electrons. The summed E-state index contributed by atoms with van der Waals surface area (Å²) < 4.78 is 22.9. The Labute approximate surface area is 99.4 Å². The fraction of sp³-hybridized carbons (Fsp3) is 0.500. The second-order valence-corrected chi connectivity index (χ2v) is 4.06. The maximum Gasteiger partial charge on any atom is 0.123 e. The van der Waals surface area contributed by atoms with E-state index in [0.29, 0.717) is 31.5 Å². The molecule has 4 nitrogen and oxygen atoms in total. The summed E-state index contributed by atoms with van der Waals surface area (Å²) in [6.45, 7) is 2.05. The highest BCUT2D eigenvalue weighted by Crippen LogP contribution is 2.11. The summed E-state index contributed by atoms with van der Waals surface area (Å²) >= 11 is 0. The highest BCUT2D eigenvalue weighted by atomic mass is 19.1. The van der Waals surface area contributed by atoms with E-state index in [9.17, 15) is 9.50 Å². The van der Waals surface area contributed by atoms with Crippen molar-refractivity contribution in [3.8, 4) is 5.75 Å². The van der Waals surface area contributed by atoms with Gasteiger partial charge in [-0.05, 0) is 24.3 Å². The van der Waals surface area contributed by atoms with Gasteiger partial charge in [0.2, 0.25) is 0 Å². The highest BCUT2D eigenvalue weighted by Gasteiger charge is 2.18.